The zero-order valence-corrected chi connectivity index (χ0v) is 14.3. The van der Waals surface area contributed by atoms with Crippen molar-refractivity contribution in [2.45, 2.75) is 39.3 Å². The fourth-order valence-corrected chi connectivity index (χ4v) is 11.9. The molecule has 19 heavy (non-hydrogen) atoms. The van der Waals surface area contributed by atoms with Crippen molar-refractivity contribution in [1.82, 2.24) is 4.23 Å². The first kappa shape index (κ1) is 16.0. The Hall–Kier alpha value is -1.02. The molecule has 0 aliphatic carbocycles. The molecule has 0 radical (unpaired) electrons. The predicted molar refractivity (Wildman–Crippen MR) is 79.2 cm³/mol. The molecule has 1 amide bonds. The zero-order valence-electron chi connectivity index (χ0n) is 12.3. The molecule has 1 aromatic carbocycles. The first-order chi connectivity index (χ1) is 8.46. The highest BCUT2D eigenvalue weighted by molar-refractivity contribution is 6.92. The molecule has 0 spiro atoms. The minimum atomic E-state index is -2.00. The third-order valence-corrected chi connectivity index (χ3v) is 9.84. The Balaban J connectivity index is 3.37. The van der Waals surface area contributed by atoms with E-state index in [9.17, 15) is 13.6 Å². The van der Waals surface area contributed by atoms with Gasteiger partial charge in [0.1, 0.15) is 33.7 Å². The Kier molecular flexibility index (Phi) is 4.36. The number of halogens is 2. The Morgan fingerprint density at radius 3 is 1.63 bits per heavy atom. The molecule has 1 rings (SSSR count). The van der Waals surface area contributed by atoms with Gasteiger partial charge in [0, 0.05) is 0 Å². The number of nitrogens with zero attached hydrogens (tertiary/aromatic N) is 1. The maximum absolute atomic E-state index is 13.8. The molecule has 0 saturated heterocycles. The van der Waals surface area contributed by atoms with Gasteiger partial charge in [0.2, 0.25) is 5.91 Å². The molecule has 0 aliphatic rings. The van der Waals surface area contributed by atoms with Gasteiger partial charge in [-0.25, -0.2) is 8.78 Å². The largest absolute Gasteiger partial charge is 0.392 e. The Labute approximate surface area is 115 Å². The summed E-state index contributed by atoms with van der Waals surface area (Å²) in [6.45, 7) is 12.1. The highest BCUT2D eigenvalue weighted by Crippen LogP contribution is 2.25. The second kappa shape index (κ2) is 5.17. The lowest BCUT2D eigenvalue weighted by Gasteiger charge is -2.43. The zero-order chi connectivity index (χ0) is 15.0. The highest BCUT2D eigenvalue weighted by Gasteiger charge is 2.40. The first-order valence-corrected chi connectivity index (χ1v) is 13.1. The highest BCUT2D eigenvalue weighted by atomic mass is 28.4. The predicted octanol–water partition coefficient (Wildman–Crippen LogP) is 4.08. The fourth-order valence-electron chi connectivity index (χ4n) is 2.43. The van der Waals surface area contributed by atoms with Gasteiger partial charge in [-0.15, -0.1) is 0 Å². The number of rotatable bonds is 3. The third-order valence-electron chi connectivity index (χ3n) is 2.72. The summed E-state index contributed by atoms with van der Waals surface area (Å²) in [4.78, 5) is 12.6. The van der Waals surface area contributed by atoms with Gasteiger partial charge in [-0.3, -0.25) is 4.79 Å². The molecule has 0 bridgehead atoms. The molecule has 106 valence electrons. The average Bonchev–Trinajstić information content (AvgIpc) is 2.11. The van der Waals surface area contributed by atoms with Gasteiger partial charge in [0.15, 0.2) is 0 Å². The van der Waals surface area contributed by atoms with Crippen LogP contribution in [0.15, 0.2) is 18.2 Å². The smallest absolute Gasteiger partial charge is 0.244 e. The van der Waals surface area contributed by atoms with E-state index in [4.69, 9.17) is 0 Å². The summed E-state index contributed by atoms with van der Waals surface area (Å²) >= 11 is 0. The lowest BCUT2D eigenvalue weighted by Crippen LogP contribution is -2.61. The van der Waals surface area contributed by atoms with Gasteiger partial charge in [-0.2, -0.15) is 0 Å². The molecule has 0 aliphatic heterocycles. The minimum Gasteiger partial charge on any atom is -0.392 e. The molecule has 0 atom stereocenters. The van der Waals surface area contributed by atoms with Crippen molar-refractivity contribution < 1.29 is 13.6 Å². The number of benzene rings is 1. The van der Waals surface area contributed by atoms with E-state index in [1.165, 1.54) is 6.07 Å². The summed E-state index contributed by atoms with van der Waals surface area (Å²) in [7, 11) is -4.00. The van der Waals surface area contributed by atoms with E-state index in [0.29, 0.717) is 0 Å². The van der Waals surface area contributed by atoms with Crippen LogP contribution in [0.4, 0.5) is 8.78 Å². The molecule has 2 nitrogen and oxygen atoms in total. The first-order valence-electron chi connectivity index (χ1n) is 6.25. The minimum absolute atomic E-state index is 0.424. The van der Waals surface area contributed by atoms with Crippen molar-refractivity contribution in [3.8, 4) is 0 Å². The molecular formula is C13H21F2NOSi2. The van der Waals surface area contributed by atoms with Crippen molar-refractivity contribution in [2.24, 2.45) is 0 Å². The summed E-state index contributed by atoms with van der Waals surface area (Å²) < 4.78 is 29.3. The van der Waals surface area contributed by atoms with Crippen LogP contribution in [-0.2, 0) is 0 Å². The summed E-state index contributed by atoms with van der Waals surface area (Å²) in [5.41, 5.74) is -0.424. The van der Waals surface area contributed by atoms with Crippen LogP contribution >= 0.6 is 0 Å². The van der Waals surface area contributed by atoms with Crippen LogP contribution in [0, 0.1) is 11.6 Å². The van der Waals surface area contributed by atoms with E-state index in [1.807, 2.05) is 39.3 Å². The van der Waals surface area contributed by atoms with Crippen molar-refractivity contribution >= 4 is 22.4 Å². The van der Waals surface area contributed by atoms with Crippen LogP contribution < -0.4 is 0 Å². The summed E-state index contributed by atoms with van der Waals surface area (Å²) in [6.07, 6.45) is 0. The molecule has 0 aromatic heterocycles. The van der Waals surface area contributed by atoms with Crippen LogP contribution in [0.3, 0.4) is 0 Å². The standard InChI is InChI=1S/C13H21F2NOSi2/c1-18(2,3)16(19(4,5)6)13(17)12-10(14)8-7-9-11(12)15/h7-9H,1-6H3. The Morgan fingerprint density at radius 2 is 1.32 bits per heavy atom. The number of carbonyl (C=O) groups is 1. The molecular weight excluding hydrogens is 280 g/mol. The molecule has 0 heterocycles. The van der Waals surface area contributed by atoms with E-state index in [0.717, 1.165) is 12.1 Å². The number of amides is 1. The summed E-state index contributed by atoms with van der Waals surface area (Å²) in [5.74, 6) is -2.08. The van der Waals surface area contributed by atoms with E-state index < -0.39 is 39.6 Å². The van der Waals surface area contributed by atoms with Crippen LogP contribution in [0.1, 0.15) is 10.4 Å². The molecule has 0 fully saturated rings. The monoisotopic (exact) mass is 301 g/mol. The summed E-state index contributed by atoms with van der Waals surface area (Å²) in [6, 6.07) is 3.53. The van der Waals surface area contributed by atoms with Gasteiger partial charge in [0.05, 0.1) is 0 Å². The maximum Gasteiger partial charge on any atom is 0.244 e. The van der Waals surface area contributed by atoms with E-state index >= 15 is 0 Å². The van der Waals surface area contributed by atoms with Crippen LogP contribution in [0.2, 0.25) is 39.3 Å². The molecule has 0 N–H and O–H groups in total. The second-order valence-electron chi connectivity index (χ2n) is 6.58. The normalized spacial score (nSPS) is 12.4. The topological polar surface area (TPSA) is 20.3 Å². The number of hydrogen-bond acceptors (Lipinski definition) is 1. The Morgan fingerprint density at radius 1 is 0.947 bits per heavy atom. The molecule has 0 unspecified atom stereocenters. The van der Waals surface area contributed by atoms with Gasteiger partial charge in [-0.1, -0.05) is 45.3 Å². The SMILES string of the molecule is C[Si](C)(C)N(C(=O)c1c(F)cccc1F)[Si](C)(C)C. The number of hydrogen-bond donors (Lipinski definition) is 0. The average molecular weight is 301 g/mol. The fraction of sp³-hybridized carbons (Fsp3) is 0.462. The van der Waals surface area contributed by atoms with Crippen molar-refractivity contribution in [3.63, 3.8) is 0 Å². The number of carbonyl (C=O) groups excluding carboxylic acids is 1. The van der Waals surface area contributed by atoms with E-state index in [-0.39, 0.29) is 0 Å². The van der Waals surface area contributed by atoms with Crippen molar-refractivity contribution in [3.05, 3.63) is 35.4 Å². The van der Waals surface area contributed by atoms with Gasteiger partial charge in [0.25, 0.3) is 0 Å². The van der Waals surface area contributed by atoms with Gasteiger partial charge in [-0.05, 0) is 12.1 Å². The summed E-state index contributed by atoms with van der Waals surface area (Å²) in [5, 5.41) is 0. The molecule has 1 aromatic rings. The Bertz CT molecular complexity index is 458. The lowest BCUT2D eigenvalue weighted by atomic mass is 10.2. The van der Waals surface area contributed by atoms with Crippen molar-refractivity contribution in [2.75, 3.05) is 0 Å². The van der Waals surface area contributed by atoms with E-state index in [2.05, 4.69) is 0 Å². The third kappa shape index (κ3) is 3.50. The van der Waals surface area contributed by atoms with Gasteiger partial charge >= 0.3 is 0 Å². The van der Waals surface area contributed by atoms with Crippen LogP contribution in [-0.4, -0.2) is 26.6 Å². The quantitative estimate of drug-likeness (QED) is 0.770. The van der Waals surface area contributed by atoms with Gasteiger partial charge < -0.3 is 4.23 Å². The second-order valence-corrected chi connectivity index (χ2v) is 16.6. The maximum atomic E-state index is 13.8. The molecule has 6 heteroatoms. The molecule has 0 saturated carbocycles. The van der Waals surface area contributed by atoms with Crippen LogP contribution in [0.25, 0.3) is 0 Å². The van der Waals surface area contributed by atoms with E-state index in [1.54, 1.807) is 4.23 Å². The van der Waals surface area contributed by atoms with Crippen LogP contribution in [0.5, 0.6) is 0 Å². The van der Waals surface area contributed by atoms with Crippen molar-refractivity contribution in [1.29, 1.82) is 0 Å². The lowest BCUT2D eigenvalue weighted by molar-refractivity contribution is 0.0899.